The molecule has 2 aliphatic rings. The van der Waals surface area contributed by atoms with E-state index in [0.29, 0.717) is 0 Å². The number of aryl methyl sites for hydroxylation is 1. The van der Waals surface area contributed by atoms with Crippen LogP contribution in [0.25, 0.3) is 22.3 Å². The molecule has 0 aromatic heterocycles. The standard InChI is InChI=1S/C32H20Br2S/c1-19-13-15-23-21-7-2-3-8-22(21)24-16-14-20(33)18-28(24)32(27(23)17-19)25-9-4-5-12-30(25)35-31-26(32)10-6-11-29(31)34/h2-18H,1H3. The Morgan fingerprint density at radius 3 is 2.03 bits per heavy atom. The molecule has 1 aliphatic carbocycles. The summed E-state index contributed by atoms with van der Waals surface area (Å²) in [6.07, 6.45) is 0. The van der Waals surface area contributed by atoms with Crippen molar-refractivity contribution in [3.05, 3.63) is 140 Å². The van der Waals surface area contributed by atoms with Crippen molar-refractivity contribution >= 4 is 43.6 Å². The highest BCUT2D eigenvalue weighted by Gasteiger charge is 2.48. The summed E-state index contributed by atoms with van der Waals surface area (Å²) in [5, 5.41) is 0. The van der Waals surface area contributed by atoms with Crippen molar-refractivity contribution in [2.45, 2.75) is 22.1 Å². The molecule has 35 heavy (non-hydrogen) atoms. The summed E-state index contributed by atoms with van der Waals surface area (Å²) < 4.78 is 2.23. The lowest BCUT2D eigenvalue weighted by molar-refractivity contribution is 0.705. The Morgan fingerprint density at radius 2 is 1.23 bits per heavy atom. The molecule has 0 saturated heterocycles. The molecule has 0 nitrogen and oxygen atoms in total. The highest BCUT2D eigenvalue weighted by atomic mass is 79.9. The van der Waals surface area contributed by atoms with E-state index in [2.05, 4.69) is 142 Å². The third-order valence-corrected chi connectivity index (χ3v) is 9.98. The zero-order valence-corrected chi connectivity index (χ0v) is 23.0. The molecule has 1 spiro atoms. The molecular formula is C32H20Br2S. The van der Waals surface area contributed by atoms with Gasteiger partial charge in [-0.05, 0) is 91.6 Å². The molecule has 1 heterocycles. The monoisotopic (exact) mass is 594 g/mol. The van der Waals surface area contributed by atoms with Gasteiger partial charge >= 0.3 is 0 Å². The summed E-state index contributed by atoms with van der Waals surface area (Å²) in [5.41, 5.74) is 11.3. The molecule has 0 amide bonds. The second-order valence-electron chi connectivity index (χ2n) is 9.25. The molecule has 3 heteroatoms. The van der Waals surface area contributed by atoms with Gasteiger partial charge in [-0.2, -0.15) is 0 Å². The van der Waals surface area contributed by atoms with Gasteiger partial charge in [0.05, 0.1) is 5.41 Å². The summed E-state index contributed by atoms with van der Waals surface area (Å²) in [7, 11) is 0. The van der Waals surface area contributed by atoms with Gasteiger partial charge in [0.2, 0.25) is 0 Å². The zero-order valence-electron chi connectivity index (χ0n) is 19.0. The molecule has 0 radical (unpaired) electrons. The normalized spacial score (nSPS) is 17.0. The smallest absolute Gasteiger partial charge is 0.0736 e. The minimum Gasteiger partial charge on any atom is -0.0882 e. The predicted octanol–water partition coefficient (Wildman–Crippen LogP) is 10.0. The fourth-order valence-corrected chi connectivity index (χ4v) is 8.14. The topological polar surface area (TPSA) is 0 Å². The van der Waals surface area contributed by atoms with Crippen LogP contribution in [0.5, 0.6) is 0 Å². The molecule has 168 valence electrons. The SMILES string of the molecule is Cc1ccc2c(c1)C1(c3ccccc3Sc3c(Br)cccc31)c1cc(Br)ccc1-c1ccccc1-2. The van der Waals surface area contributed by atoms with Crippen molar-refractivity contribution in [1.82, 2.24) is 0 Å². The van der Waals surface area contributed by atoms with Gasteiger partial charge in [0.1, 0.15) is 0 Å². The van der Waals surface area contributed by atoms with Crippen LogP contribution in [0.1, 0.15) is 27.8 Å². The van der Waals surface area contributed by atoms with E-state index in [0.717, 1.165) is 8.95 Å². The van der Waals surface area contributed by atoms with Crippen LogP contribution in [-0.2, 0) is 5.41 Å². The second-order valence-corrected chi connectivity index (χ2v) is 12.1. The number of hydrogen-bond acceptors (Lipinski definition) is 1. The fourth-order valence-electron chi connectivity index (χ4n) is 5.97. The molecule has 1 aliphatic heterocycles. The van der Waals surface area contributed by atoms with Crippen LogP contribution in [0.3, 0.4) is 0 Å². The van der Waals surface area contributed by atoms with Gasteiger partial charge < -0.3 is 0 Å². The highest BCUT2D eigenvalue weighted by molar-refractivity contribution is 9.10. The lowest BCUT2D eigenvalue weighted by Gasteiger charge is -2.43. The lowest BCUT2D eigenvalue weighted by Crippen LogP contribution is -2.35. The summed E-state index contributed by atoms with van der Waals surface area (Å²) in [5.74, 6) is 0. The van der Waals surface area contributed by atoms with E-state index in [1.807, 2.05) is 11.8 Å². The minimum atomic E-state index is -0.458. The maximum atomic E-state index is 3.91. The van der Waals surface area contributed by atoms with Crippen LogP contribution < -0.4 is 0 Å². The third-order valence-electron chi connectivity index (χ3n) is 7.35. The quantitative estimate of drug-likeness (QED) is 0.168. The Bertz CT molecular complexity index is 1590. The van der Waals surface area contributed by atoms with Gasteiger partial charge in [-0.3, -0.25) is 0 Å². The lowest BCUT2D eigenvalue weighted by atomic mass is 9.63. The zero-order chi connectivity index (χ0) is 23.7. The van der Waals surface area contributed by atoms with Crippen molar-refractivity contribution in [1.29, 1.82) is 0 Å². The van der Waals surface area contributed by atoms with Crippen LogP contribution in [0.15, 0.2) is 122 Å². The van der Waals surface area contributed by atoms with Crippen LogP contribution in [-0.4, -0.2) is 0 Å². The second kappa shape index (κ2) is 7.96. The Kier molecular flexibility index (Phi) is 4.93. The van der Waals surface area contributed by atoms with Crippen molar-refractivity contribution in [2.24, 2.45) is 0 Å². The summed E-state index contributed by atoms with van der Waals surface area (Å²) >= 11 is 9.62. The van der Waals surface area contributed by atoms with E-state index in [-0.39, 0.29) is 0 Å². The van der Waals surface area contributed by atoms with Crippen LogP contribution >= 0.6 is 43.6 Å². The predicted molar refractivity (Wildman–Crippen MR) is 153 cm³/mol. The van der Waals surface area contributed by atoms with Gasteiger partial charge in [0.15, 0.2) is 0 Å². The van der Waals surface area contributed by atoms with Gasteiger partial charge in [-0.1, -0.05) is 112 Å². The first-order chi connectivity index (χ1) is 17.1. The fraction of sp³-hybridized carbons (Fsp3) is 0.0625. The first-order valence-electron chi connectivity index (χ1n) is 11.7. The molecule has 0 bridgehead atoms. The number of rotatable bonds is 0. The summed E-state index contributed by atoms with van der Waals surface area (Å²) in [6, 6.07) is 38.3. The molecule has 0 saturated carbocycles. The van der Waals surface area contributed by atoms with Crippen molar-refractivity contribution < 1.29 is 0 Å². The Hall–Kier alpha value is -2.59. The largest absolute Gasteiger partial charge is 0.0882 e. The number of fused-ring (bicyclic) bond motifs is 11. The molecular weight excluding hydrogens is 576 g/mol. The Morgan fingerprint density at radius 1 is 0.571 bits per heavy atom. The van der Waals surface area contributed by atoms with Crippen molar-refractivity contribution in [3.63, 3.8) is 0 Å². The Labute approximate surface area is 226 Å². The molecule has 5 aromatic carbocycles. The molecule has 7 rings (SSSR count). The first kappa shape index (κ1) is 21.7. The number of benzene rings is 5. The van der Waals surface area contributed by atoms with Gasteiger partial charge in [-0.15, -0.1) is 0 Å². The molecule has 1 unspecified atom stereocenters. The van der Waals surface area contributed by atoms with Crippen LogP contribution in [0, 0.1) is 6.92 Å². The van der Waals surface area contributed by atoms with Crippen molar-refractivity contribution in [2.75, 3.05) is 0 Å². The van der Waals surface area contributed by atoms with E-state index in [1.165, 1.54) is 59.9 Å². The molecule has 1 atom stereocenters. The average molecular weight is 596 g/mol. The third kappa shape index (κ3) is 2.98. The van der Waals surface area contributed by atoms with Gasteiger partial charge in [0, 0.05) is 18.7 Å². The Balaban J connectivity index is 1.80. The molecule has 0 fully saturated rings. The van der Waals surface area contributed by atoms with Crippen LogP contribution in [0.4, 0.5) is 0 Å². The van der Waals surface area contributed by atoms with E-state index in [4.69, 9.17) is 0 Å². The van der Waals surface area contributed by atoms with E-state index in [1.54, 1.807) is 0 Å². The van der Waals surface area contributed by atoms with Crippen molar-refractivity contribution in [3.8, 4) is 22.3 Å². The van der Waals surface area contributed by atoms with Gasteiger partial charge in [0.25, 0.3) is 0 Å². The first-order valence-corrected chi connectivity index (χ1v) is 14.1. The molecule has 0 N–H and O–H groups in total. The van der Waals surface area contributed by atoms with Gasteiger partial charge in [-0.25, -0.2) is 0 Å². The average Bonchev–Trinajstić information content (AvgIpc) is 2.97. The minimum absolute atomic E-state index is 0.458. The maximum absolute atomic E-state index is 3.91. The highest BCUT2D eigenvalue weighted by Crippen LogP contribution is 2.62. The van der Waals surface area contributed by atoms with E-state index >= 15 is 0 Å². The number of halogens is 2. The molecule has 5 aromatic rings. The number of hydrogen-bond donors (Lipinski definition) is 0. The maximum Gasteiger partial charge on any atom is 0.0736 e. The van der Waals surface area contributed by atoms with E-state index < -0.39 is 5.41 Å². The van der Waals surface area contributed by atoms with E-state index in [9.17, 15) is 0 Å². The van der Waals surface area contributed by atoms with Crippen LogP contribution in [0.2, 0.25) is 0 Å². The summed E-state index contributed by atoms with van der Waals surface area (Å²) in [4.78, 5) is 2.59. The summed E-state index contributed by atoms with van der Waals surface area (Å²) in [6.45, 7) is 2.21.